The maximum Gasteiger partial charge on any atom is 0.262 e. The summed E-state index contributed by atoms with van der Waals surface area (Å²) in [7, 11) is 0. The van der Waals surface area contributed by atoms with Crippen LogP contribution in [0.3, 0.4) is 0 Å². The van der Waals surface area contributed by atoms with Crippen LogP contribution in [0, 0.1) is 11.3 Å². The van der Waals surface area contributed by atoms with E-state index in [1.54, 1.807) is 6.07 Å². The van der Waals surface area contributed by atoms with E-state index < -0.39 is 11.8 Å². The zero-order valence-electron chi connectivity index (χ0n) is 13.7. The Morgan fingerprint density at radius 2 is 1.96 bits per heavy atom. The average molecular weight is 370 g/mol. The second kappa shape index (κ2) is 9.25. The Morgan fingerprint density at radius 1 is 1.23 bits per heavy atom. The van der Waals surface area contributed by atoms with E-state index in [2.05, 4.69) is 5.32 Å². The van der Waals surface area contributed by atoms with E-state index in [-0.39, 0.29) is 23.0 Å². The number of nitrogens with zero attached hydrogens (tertiary/aromatic N) is 1. The molecule has 2 aromatic rings. The van der Waals surface area contributed by atoms with Crippen molar-refractivity contribution in [2.24, 2.45) is 5.73 Å². The van der Waals surface area contributed by atoms with Gasteiger partial charge in [0.25, 0.3) is 11.8 Å². The lowest BCUT2D eigenvalue weighted by atomic mass is 10.1. The molecule has 0 saturated carbocycles. The average Bonchev–Trinajstić information content (AvgIpc) is 2.64. The van der Waals surface area contributed by atoms with Gasteiger partial charge in [-0.25, -0.2) is 0 Å². The molecule has 3 N–H and O–H groups in total. The summed E-state index contributed by atoms with van der Waals surface area (Å²) in [6.07, 6.45) is 1.42. The van der Waals surface area contributed by atoms with E-state index in [4.69, 9.17) is 22.1 Å². The summed E-state index contributed by atoms with van der Waals surface area (Å²) in [6.45, 7) is 0.0274. The number of nitrogens with two attached hydrogens (primary N) is 1. The summed E-state index contributed by atoms with van der Waals surface area (Å²) in [4.78, 5) is 22.9. The maximum atomic E-state index is 12.2. The second-order valence-corrected chi connectivity index (χ2v) is 5.69. The number of carbonyl (C=O) groups is 2. The van der Waals surface area contributed by atoms with Crippen LogP contribution in [0.25, 0.3) is 6.08 Å². The number of nitrogens with one attached hydrogen (secondary N) is 1. The standard InChI is InChI=1S/C19H16ClN3O3/c20-16-9-14(6-7-17(16)26-12-18(22)24)8-15(10-21)19(25)23-11-13-4-2-1-3-5-13/h1-9H,11-12H2,(H2,22,24)(H,23,25)/b15-8+. The van der Waals surface area contributed by atoms with Crippen molar-refractivity contribution in [3.8, 4) is 11.8 Å². The van der Waals surface area contributed by atoms with E-state index in [9.17, 15) is 14.9 Å². The lowest BCUT2D eigenvalue weighted by Crippen LogP contribution is -2.23. The summed E-state index contributed by atoms with van der Waals surface area (Å²) in [5.41, 5.74) is 6.43. The first-order chi connectivity index (χ1) is 12.5. The number of hydrogen-bond acceptors (Lipinski definition) is 4. The summed E-state index contributed by atoms with van der Waals surface area (Å²) in [6, 6.07) is 15.9. The molecule has 0 aliphatic rings. The molecule has 2 rings (SSSR count). The molecule has 2 amide bonds. The minimum atomic E-state index is -0.619. The molecule has 0 fully saturated rings. The van der Waals surface area contributed by atoms with Gasteiger partial charge in [-0.1, -0.05) is 48.0 Å². The van der Waals surface area contributed by atoms with Crippen LogP contribution in [0.2, 0.25) is 5.02 Å². The zero-order chi connectivity index (χ0) is 18.9. The molecule has 0 spiro atoms. The van der Waals surface area contributed by atoms with Crippen LogP contribution in [0.1, 0.15) is 11.1 Å². The Balaban J connectivity index is 2.07. The van der Waals surface area contributed by atoms with Gasteiger partial charge in [-0.2, -0.15) is 5.26 Å². The van der Waals surface area contributed by atoms with Crippen molar-refractivity contribution in [2.75, 3.05) is 6.61 Å². The molecule has 2 aromatic carbocycles. The van der Waals surface area contributed by atoms with Gasteiger partial charge in [-0.3, -0.25) is 9.59 Å². The highest BCUT2D eigenvalue weighted by Gasteiger charge is 2.10. The third-order valence-electron chi connectivity index (χ3n) is 3.30. The number of ether oxygens (including phenoxy) is 1. The lowest BCUT2D eigenvalue weighted by molar-refractivity contribution is -0.120. The first-order valence-electron chi connectivity index (χ1n) is 7.64. The number of benzene rings is 2. The van der Waals surface area contributed by atoms with Crippen LogP contribution in [0.5, 0.6) is 5.75 Å². The first-order valence-corrected chi connectivity index (χ1v) is 8.02. The highest BCUT2D eigenvalue weighted by atomic mass is 35.5. The molecule has 132 valence electrons. The van der Waals surface area contributed by atoms with Crippen molar-refractivity contribution >= 4 is 29.5 Å². The summed E-state index contributed by atoms with van der Waals surface area (Å²) in [5, 5.41) is 12.2. The van der Waals surface area contributed by atoms with Gasteiger partial charge in [0.2, 0.25) is 0 Å². The zero-order valence-corrected chi connectivity index (χ0v) is 14.5. The van der Waals surface area contributed by atoms with E-state index in [0.29, 0.717) is 12.1 Å². The van der Waals surface area contributed by atoms with Gasteiger partial charge in [-0.15, -0.1) is 0 Å². The molecule has 6 nitrogen and oxygen atoms in total. The van der Waals surface area contributed by atoms with Crippen molar-refractivity contribution in [1.82, 2.24) is 5.32 Å². The second-order valence-electron chi connectivity index (χ2n) is 5.28. The molecule has 7 heteroatoms. The van der Waals surface area contributed by atoms with Crippen LogP contribution in [-0.4, -0.2) is 18.4 Å². The molecule has 0 aromatic heterocycles. The monoisotopic (exact) mass is 369 g/mol. The van der Waals surface area contributed by atoms with E-state index in [1.165, 1.54) is 18.2 Å². The predicted molar refractivity (Wildman–Crippen MR) is 98.0 cm³/mol. The summed E-state index contributed by atoms with van der Waals surface area (Å²) < 4.78 is 5.15. The predicted octanol–water partition coefficient (Wildman–Crippen LogP) is 2.43. The number of amides is 2. The minimum absolute atomic E-state index is 0.0530. The number of rotatable bonds is 7. The largest absolute Gasteiger partial charge is 0.482 e. The molecule has 26 heavy (non-hydrogen) atoms. The Morgan fingerprint density at radius 3 is 2.58 bits per heavy atom. The van der Waals surface area contributed by atoms with Gasteiger partial charge in [0.05, 0.1) is 5.02 Å². The van der Waals surface area contributed by atoms with E-state index in [1.807, 2.05) is 36.4 Å². The fourth-order valence-corrected chi connectivity index (χ4v) is 2.31. The highest BCUT2D eigenvalue weighted by molar-refractivity contribution is 6.32. The quantitative estimate of drug-likeness (QED) is 0.577. The van der Waals surface area contributed by atoms with Crippen molar-refractivity contribution in [1.29, 1.82) is 5.26 Å². The highest BCUT2D eigenvalue weighted by Crippen LogP contribution is 2.26. The minimum Gasteiger partial charge on any atom is -0.482 e. The third kappa shape index (κ3) is 5.65. The molecule has 0 atom stereocenters. The molecule has 0 radical (unpaired) electrons. The van der Waals surface area contributed by atoms with Crippen molar-refractivity contribution in [3.63, 3.8) is 0 Å². The Bertz CT molecular complexity index is 873. The summed E-state index contributed by atoms with van der Waals surface area (Å²) >= 11 is 6.07. The lowest BCUT2D eigenvalue weighted by Gasteiger charge is -2.07. The molecule has 0 heterocycles. The van der Waals surface area contributed by atoms with Crippen LogP contribution >= 0.6 is 11.6 Å². The van der Waals surface area contributed by atoms with Crippen molar-refractivity contribution < 1.29 is 14.3 Å². The molecule has 0 bridgehead atoms. The van der Waals surface area contributed by atoms with Gasteiger partial charge >= 0.3 is 0 Å². The molecule has 0 unspecified atom stereocenters. The number of primary amides is 1. The smallest absolute Gasteiger partial charge is 0.262 e. The molecule has 0 saturated heterocycles. The van der Waals surface area contributed by atoms with E-state index >= 15 is 0 Å². The number of nitriles is 1. The number of carbonyl (C=O) groups excluding carboxylic acids is 2. The Labute approximate surface area is 155 Å². The Hall–Kier alpha value is -3.30. The van der Waals surface area contributed by atoms with E-state index in [0.717, 1.165) is 5.56 Å². The van der Waals surface area contributed by atoms with Crippen LogP contribution in [-0.2, 0) is 16.1 Å². The fourth-order valence-electron chi connectivity index (χ4n) is 2.06. The molecular formula is C19H16ClN3O3. The fraction of sp³-hybridized carbons (Fsp3) is 0.105. The van der Waals surface area contributed by atoms with Crippen LogP contribution in [0.4, 0.5) is 0 Å². The van der Waals surface area contributed by atoms with Gasteiger partial charge in [-0.05, 0) is 29.3 Å². The third-order valence-corrected chi connectivity index (χ3v) is 3.59. The van der Waals surface area contributed by atoms with Gasteiger partial charge in [0.15, 0.2) is 6.61 Å². The number of halogens is 1. The van der Waals surface area contributed by atoms with Gasteiger partial charge in [0, 0.05) is 6.54 Å². The van der Waals surface area contributed by atoms with Crippen molar-refractivity contribution in [2.45, 2.75) is 6.54 Å². The normalized spacial score (nSPS) is 10.7. The molecule has 0 aliphatic carbocycles. The van der Waals surface area contributed by atoms with Gasteiger partial charge < -0.3 is 15.8 Å². The maximum absolute atomic E-state index is 12.2. The topological polar surface area (TPSA) is 105 Å². The molecule has 0 aliphatic heterocycles. The first kappa shape index (κ1) is 19.0. The SMILES string of the molecule is N#C/C(=C\c1ccc(OCC(N)=O)c(Cl)c1)C(=O)NCc1ccccc1. The van der Waals surface area contributed by atoms with Crippen LogP contribution in [0.15, 0.2) is 54.1 Å². The summed E-state index contributed by atoms with van der Waals surface area (Å²) in [5.74, 6) is -0.817. The van der Waals surface area contributed by atoms with Crippen molar-refractivity contribution in [3.05, 3.63) is 70.3 Å². The number of hydrogen-bond donors (Lipinski definition) is 2. The molecular weight excluding hydrogens is 354 g/mol. The van der Waals surface area contributed by atoms with Gasteiger partial charge in [0.1, 0.15) is 17.4 Å². The Kier molecular flexibility index (Phi) is 6.77. The van der Waals surface area contributed by atoms with Crippen LogP contribution < -0.4 is 15.8 Å².